The number of methoxy groups -OCH3 is 1. The van der Waals surface area contributed by atoms with Crippen molar-refractivity contribution in [3.05, 3.63) is 96.2 Å². The number of ether oxygens (including phenoxy) is 1. The van der Waals surface area contributed by atoms with Gasteiger partial charge in [0.2, 0.25) is 0 Å². The second-order valence-electron chi connectivity index (χ2n) is 7.46. The number of amides is 2. The van der Waals surface area contributed by atoms with Crippen LogP contribution in [0.2, 0.25) is 0 Å². The molecule has 2 N–H and O–H groups in total. The molecule has 170 valence electrons. The summed E-state index contributed by atoms with van der Waals surface area (Å²) in [5.74, 6) is -1.18. The summed E-state index contributed by atoms with van der Waals surface area (Å²) in [6, 6.07) is 24.3. The van der Waals surface area contributed by atoms with Crippen molar-refractivity contribution < 1.29 is 14.3 Å². The molecule has 2 amide bonds. The van der Waals surface area contributed by atoms with Crippen LogP contribution in [0, 0.1) is 6.92 Å². The Kier molecular flexibility index (Phi) is 6.78. The lowest BCUT2D eigenvalue weighted by atomic mass is 10.1. The average Bonchev–Trinajstić information content (AvgIpc) is 3.29. The van der Waals surface area contributed by atoms with Crippen LogP contribution in [0.25, 0.3) is 16.9 Å². The number of hydrogen-bond acceptors (Lipinski definition) is 5. The largest absolute Gasteiger partial charge is 0.497 e. The summed E-state index contributed by atoms with van der Waals surface area (Å²) in [7, 11) is 1.52. The first-order valence-corrected chi connectivity index (χ1v) is 10.5. The summed E-state index contributed by atoms with van der Waals surface area (Å²) in [4.78, 5) is 24.4. The Balaban J connectivity index is 1.52. The number of anilines is 1. The molecular formula is C26H23N5O3. The Morgan fingerprint density at radius 3 is 2.47 bits per heavy atom. The first kappa shape index (κ1) is 22.5. The molecule has 0 unspecified atom stereocenters. The van der Waals surface area contributed by atoms with Gasteiger partial charge in [0.05, 0.1) is 19.0 Å². The molecule has 0 radical (unpaired) electrons. The summed E-state index contributed by atoms with van der Waals surface area (Å²) < 4.78 is 6.86. The number of carbonyl (C=O) groups is 2. The molecule has 0 saturated carbocycles. The van der Waals surface area contributed by atoms with E-state index in [1.165, 1.54) is 13.3 Å². The number of rotatable bonds is 6. The molecule has 0 aliphatic rings. The van der Waals surface area contributed by atoms with Crippen molar-refractivity contribution in [2.75, 3.05) is 12.4 Å². The van der Waals surface area contributed by atoms with Gasteiger partial charge in [0, 0.05) is 29.1 Å². The predicted octanol–water partition coefficient (Wildman–Crippen LogP) is 3.95. The number of carbonyl (C=O) groups excluding carboxylic acids is 2. The highest BCUT2D eigenvalue weighted by molar-refractivity contribution is 6.39. The Labute approximate surface area is 196 Å². The van der Waals surface area contributed by atoms with E-state index in [0.717, 1.165) is 16.8 Å². The normalized spacial score (nSPS) is 10.8. The molecular weight excluding hydrogens is 430 g/mol. The van der Waals surface area contributed by atoms with Gasteiger partial charge in [-0.05, 0) is 31.2 Å². The van der Waals surface area contributed by atoms with Crippen molar-refractivity contribution in [3.63, 3.8) is 0 Å². The van der Waals surface area contributed by atoms with Crippen LogP contribution in [-0.2, 0) is 9.59 Å². The molecule has 34 heavy (non-hydrogen) atoms. The molecule has 0 spiro atoms. The third kappa shape index (κ3) is 5.36. The van der Waals surface area contributed by atoms with E-state index in [4.69, 9.17) is 9.84 Å². The topological polar surface area (TPSA) is 97.6 Å². The zero-order valence-corrected chi connectivity index (χ0v) is 18.7. The second kappa shape index (κ2) is 10.3. The van der Waals surface area contributed by atoms with E-state index in [9.17, 15) is 9.59 Å². The van der Waals surface area contributed by atoms with Crippen LogP contribution >= 0.6 is 0 Å². The van der Waals surface area contributed by atoms with Gasteiger partial charge < -0.3 is 10.1 Å². The fourth-order valence-electron chi connectivity index (χ4n) is 3.23. The van der Waals surface area contributed by atoms with Crippen molar-refractivity contribution in [2.45, 2.75) is 6.92 Å². The number of benzene rings is 3. The molecule has 0 fully saturated rings. The van der Waals surface area contributed by atoms with Gasteiger partial charge in [-0.25, -0.2) is 10.1 Å². The number of hydrogen-bond donors (Lipinski definition) is 2. The van der Waals surface area contributed by atoms with Crippen LogP contribution < -0.4 is 15.5 Å². The minimum absolute atomic E-state index is 0.439. The van der Waals surface area contributed by atoms with E-state index in [2.05, 4.69) is 15.8 Å². The van der Waals surface area contributed by atoms with Gasteiger partial charge in [0.1, 0.15) is 11.4 Å². The van der Waals surface area contributed by atoms with Gasteiger partial charge in [0.15, 0.2) is 0 Å². The molecule has 1 aromatic heterocycles. The van der Waals surface area contributed by atoms with E-state index >= 15 is 0 Å². The second-order valence-corrected chi connectivity index (χ2v) is 7.46. The molecule has 8 nitrogen and oxygen atoms in total. The Morgan fingerprint density at radius 1 is 0.971 bits per heavy atom. The lowest BCUT2D eigenvalue weighted by molar-refractivity contribution is -0.136. The Morgan fingerprint density at radius 2 is 1.74 bits per heavy atom. The quantitative estimate of drug-likeness (QED) is 0.262. The highest BCUT2D eigenvalue weighted by Gasteiger charge is 2.14. The van der Waals surface area contributed by atoms with Crippen LogP contribution in [-0.4, -0.2) is 34.9 Å². The third-order valence-electron chi connectivity index (χ3n) is 4.99. The number of hydrazone groups is 1. The molecule has 0 bridgehead atoms. The standard InChI is InChI=1S/C26H23N5O3/c1-18-11-13-19(14-12-18)24-20(17-31(30-24)22-8-4-3-5-9-22)16-27-29-26(33)25(32)28-21-7-6-10-23(15-21)34-2/h3-17H,1-2H3,(H,28,32)(H,29,33)/b27-16+. The van der Waals surface area contributed by atoms with Crippen LogP contribution in [0.15, 0.2) is 90.2 Å². The molecule has 3 aromatic carbocycles. The third-order valence-corrected chi connectivity index (χ3v) is 4.99. The summed E-state index contributed by atoms with van der Waals surface area (Å²) in [6.45, 7) is 2.01. The van der Waals surface area contributed by atoms with E-state index in [1.54, 1.807) is 28.9 Å². The van der Waals surface area contributed by atoms with Crippen molar-refractivity contribution in [2.24, 2.45) is 5.10 Å². The van der Waals surface area contributed by atoms with Crippen LogP contribution in [0.3, 0.4) is 0 Å². The zero-order valence-electron chi connectivity index (χ0n) is 18.7. The summed E-state index contributed by atoms with van der Waals surface area (Å²) in [6.07, 6.45) is 3.29. The smallest absolute Gasteiger partial charge is 0.329 e. The molecule has 0 aliphatic carbocycles. The number of aromatic nitrogens is 2. The van der Waals surface area contributed by atoms with E-state index < -0.39 is 11.8 Å². The molecule has 4 aromatic rings. The van der Waals surface area contributed by atoms with Crippen LogP contribution in [0.1, 0.15) is 11.1 Å². The number of nitrogens with one attached hydrogen (secondary N) is 2. The predicted molar refractivity (Wildman–Crippen MR) is 131 cm³/mol. The van der Waals surface area contributed by atoms with Crippen molar-refractivity contribution in [3.8, 4) is 22.7 Å². The Hall–Kier alpha value is -4.72. The maximum atomic E-state index is 12.2. The average molecular weight is 454 g/mol. The highest BCUT2D eigenvalue weighted by Crippen LogP contribution is 2.23. The van der Waals surface area contributed by atoms with Crippen LogP contribution in [0.5, 0.6) is 5.75 Å². The minimum Gasteiger partial charge on any atom is -0.497 e. The summed E-state index contributed by atoms with van der Waals surface area (Å²) >= 11 is 0. The van der Waals surface area contributed by atoms with Gasteiger partial charge in [-0.3, -0.25) is 9.59 Å². The fourth-order valence-corrected chi connectivity index (χ4v) is 3.23. The van der Waals surface area contributed by atoms with Crippen LogP contribution in [0.4, 0.5) is 5.69 Å². The SMILES string of the molecule is COc1cccc(NC(=O)C(=O)N/N=C/c2cn(-c3ccccc3)nc2-c2ccc(C)cc2)c1. The molecule has 0 atom stereocenters. The monoisotopic (exact) mass is 453 g/mol. The zero-order chi connectivity index (χ0) is 23.9. The van der Waals surface area contributed by atoms with E-state index in [1.807, 2.05) is 67.7 Å². The fraction of sp³-hybridized carbons (Fsp3) is 0.0769. The first-order valence-electron chi connectivity index (χ1n) is 10.5. The minimum atomic E-state index is -0.897. The maximum Gasteiger partial charge on any atom is 0.329 e. The lowest BCUT2D eigenvalue weighted by Crippen LogP contribution is -2.32. The maximum absolute atomic E-state index is 12.2. The van der Waals surface area contributed by atoms with Gasteiger partial charge in [0.25, 0.3) is 0 Å². The van der Waals surface area contributed by atoms with Crippen molar-refractivity contribution in [1.82, 2.24) is 15.2 Å². The summed E-state index contributed by atoms with van der Waals surface area (Å²) in [5.41, 5.74) is 7.01. The number of aryl methyl sites for hydroxylation is 1. The molecule has 0 aliphatic heterocycles. The van der Waals surface area contributed by atoms with E-state index in [0.29, 0.717) is 22.7 Å². The van der Waals surface area contributed by atoms with Gasteiger partial charge in [-0.2, -0.15) is 10.2 Å². The Bertz CT molecular complexity index is 1330. The van der Waals surface area contributed by atoms with Crippen molar-refractivity contribution in [1.29, 1.82) is 0 Å². The molecule has 4 rings (SSSR count). The number of nitrogens with zero attached hydrogens (tertiary/aromatic N) is 3. The summed E-state index contributed by atoms with van der Waals surface area (Å²) in [5, 5.41) is 11.2. The molecule has 8 heteroatoms. The van der Waals surface area contributed by atoms with E-state index in [-0.39, 0.29) is 0 Å². The molecule has 1 heterocycles. The first-order chi connectivity index (χ1) is 16.5. The van der Waals surface area contributed by atoms with Crippen molar-refractivity contribution >= 4 is 23.7 Å². The highest BCUT2D eigenvalue weighted by atomic mass is 16.5. The number of para-hydroxylation sites is 1. The van der Waals surface area contributed by atoms with Gasteiger partial charge in [-0.1, -0.05) is 54.1 Å². The van der Waals surface area contributed by atoms with Gasteiger partial charge >= 0.3 is 11.8 Å². The molecule has 0 saturated heterocycles. The van der Waals surface area contributed by atoms with Gasteiger partial charge in [-0.15, -0.1) is 0 Å². The lowest BCUT2D eigenvalue weighted by Gasteiger charge is -2.05.